The fourth-order valence-electron chi connectivity index (χ4n) is 2.80. The Morgan fingerprint density at radius 1 is 1.29 bits per heavy atom. The normalized spacial score (nSPS) is 17.3. The van der Waals surface area contributed by atoms with Crippen molar-refractivity contribution in [2.75, 3.05) is 11.9 Å². The Hall–Kier alpha value is -2.70. The molecule has 1 aliphatic rings. The van der Waals surface area contributed by atoms with E-state index in [0.717, 1.165) is 5.56 Å². The number of carbonyl (C=O) groups excluding carboxylic acids is 1. The van der Waals surface area contributed by atoms with Gasteiger partial charge in [-0.25, -0.2) is 9.37 Å². The van der Waals surface area contributed by atoms with Crippen LogP contribution in [0.4, 0.5) is 10.2 Å². The summed E-state index contributed by atoms with van der Waals surface area (Å²) in [6, 6.07) is 5.64. The van der Waals surface area contributed by atoms with E-state index >= 15 is 0 Å². The molecule has 2 heterocycles. The van der Waals surface area contributed by atoms with Crippen molar-refractivity contribution in [3.05, 3.63) is 58.4 Å². The lowest BCUT2D eigenvalue weighted by atomic mass is 10.2. The molecule has 1 aromatic carbocycles. The quantitative estimate of drug-likeness (QED) is 0.904. The lowest BCUT2D eigenvalue weighted by molar-refractivity contribution is -0.128. The lowest BCUT2D eigenvalue weighted by Gasteiger charge is -2.17. The zero-order chi connectivity index (χ0) is 17.1. The molecule has 0 aliphatic carbocycles. The molecule has 0 spiro atoms. The third-order valence-corrected chi connectivity index (χ3v) is 4.15. The van der Waals surface area contributed by atoms with Crippen molar-refractivity contribution in [1.29, 1.82) is 0 Å². The van der Waals surface area contributed by atoms with Gasteiger partial charge in [0, 0.05) is 32.0 Å². The number of nitrogens with zero attached hydrogens (tertiary/aromatic N) is 3. The number of nitrogens with one attached hydrogen (secondary N) is 1. The molecule has 3 rings (SSSR count). The number of aromatic nitrogens is 2. The summed E-state index contributed by atoms with van der Waals surface area (Å²) >= 11 is 0. The lowest BCUT2D eigenvalue weighted by Crippen LogP contribution is -2.35. The maximum absolute atomic E-state index is 13.0. The van der Waals surface area contributed by atoms with Gasteiger partial charge >= 0.3 is 0 Å². The minimum atomic E-state index is -0.460. The summed E-state index contributed by atoms with van der Waals surface area (Å²) in [7, 11) is 0. The minimum absolute atomic E-state index is 0.0765. The van der Waals surface area contributed by atoms with Gasteiger partial charge in [0.2, 0.25) is 5.91 Å². The first-order valence-corrected chi connectivity index (χ1v) is 7.93. The standard InChI is InChI=1S/C17H19FN4O2/c1-2-21-10-8-19-15(17(21)24)20-14-7-9-22(16(14)23)11-12-3-5-13(18)6-4-12/h3-6,8,10,14H,2,7,9,11H2,1H3,(H,19,20)/t14-/m0/s1. The van der Waals surface area contributed by atoms with Crippen LogP contribution in [0, 0.1) is 5.82 Å². The molecular weight excluding hydrogens is 311 g/mol. The van der Waals surface area contributed by atoms with Crippen LogP contribution >= 0.6 is 0 Å². The number of hydrogen-bond donors (Lipinski definition) is 1. The van der Waals surface area contributed by atoms with E-state index in [2.05, 4.69) is 10.3 Å². The molecule has 0 saturated carbocycles. The van der Waals surface area contributed by atoms with Crippen LogP contribution in [0.2, 0.25) is 0 Å². The number of benzene rings is 1. The van der Waals surface area contributed by atoms with Crippen LogP contribution in [0.1, 0.15) is 18.9 Å². The Kier molecular flexibility index (Phi) is 4.59. The minimum Gasteiger partial charge on any atom is -0.354 e. The molecular formula is C17H19FN4O2. The molecule has 0 radical (unpaired) electrons. The summed E-state index contributed by atoms with van der Waals surface area (Å²) in [6.07, 6.45) is 3.76. The maximum atomic E-state index is 13.0. The molecule has 1 atom stereocenters. The molecule has 2 aromatic rings. The second-order valence-electron chi connectivity index (χ2n) is 5.74. The molecule has 6 nitrogen and oxygen atoms in total. The average molecular weight is 330 g/mol. The molecule has 126 valence electrons. The molecule has 1 aliphatic heterocycles. The molecule has 1 N–H and O–H groups in total. The molecule has 7 heteroatoms. The van der Waals surface area contributed by atoms with Crippen LogP contribution in [0.3, 0.4) is 0 Å². The van der Waals surface area contributed by atoms with Gasteiger partial charge in [-0.3, -0.25) is 9.59 Å². The van der Waals surface area contributed by atoms with Crippen molar-refractivity contribution in [2.45, 2.75) is 32.5 Å². The highest BCUT2D eigenvalue weighted by Crippen LogP contribution is 2.17. The van der Waals surface area contributed by atoms with Crippen molar-refractivity contribution in [3.8, 4) is 0 Å². The van der Waals surface area contributed by atoms with Crippen molar-refractivity contribution in [2.24, 2.45) is 0 Å². The summed E-state index contributed by atoms with van der Waals surface area (Å²) in [6.45, 7) is 3.43. The molecule has 24 heavy (non-hydrogen) atoms. The Labute approximate surface area is 138 Å². The third kappa shape index (κ3) is 3.29. The van der Waals surface area contributed by atoms with Gasteiger partial charge in [-0.15, -0.1) is 0 Å². The van der Waals surface area contributed by atoms with E-state index in [0.29, 0.717) is 26.1 Å². The van der Waals surface area contributed by atoms with Crippen LogP contribution in [0.5, 0.6) is 0 Å². The monoisotopic (exact) mass is 330 g/mol. The number of halogens is 1. The summed E-state index contributed by atoms with van der Waals surface area (Å²) in [5.74, 6) is -0.179. The second-order valence-corrected chi connectivity index (χ2v) is 5.74. The predicted octanol–water partition coefficient (Wildman–Crippen LogP) is 1.62. The Balaban J connectivity index is 1.68. The molecule has 1 fully saturated rings. The van der Waals surface area contributed by atoms with Crippen LogP contribution in [0.15, 0.2) is 41.5 Å². The van der Waals surface area contributed by atoms with E-state index in [-0.39, 0.29) is 23.1 Å². The van der Waals surface area contributed by atoms with Crippen molar-refractivity contribution >= 4 is 11.7 Å². The molecule has 1 aromatic heterocycles. The largest absolute Gasteiger partial charge is 0.354 e. The zero-order valence-electron chi connectivity index (χ0n) is 13.4. The highest BCUT2D eigenvalue weighted by atomic mass is 19.1. The highest BCUT2D eigenvalue weighted by molar-refractivity contribution is 5.86. The Morgan fingerprint density at radius 3 is 2.75 bits per heavy atom. The first-order chi connectivity index (χ1) is 11.6. The first-order valence-electron chi connectivity index (χ1n) is 7.93. The number of amides is 1. The predicted molar refractivity (Wildman–Crippen MR) is 88.0 cm³/mol. The molecule has 1 amide bonds. The molecule has 0 unspecified atom stereocenters. The number of rotatable bonds is 5. The fraction of sp³-hybridized carbons (Fsp3) is 0.353. The van der Waals surface area contributed by atoms with Gasteiger partial charge in [0.05, 0.1) is 0 Å². The second kappa shape index (κ2) is 6.82. The maximum Gasteiger partial charge on any atom is 0.293 e. The van der Waals surface area contributed by atoms with E-state index in [1.54, 1.807) is 29.4 Å². The fourth-order valence-corrected chi connectivity index (χ4v) is 2.80. The van der Waals surface area contributed by atoms with Crippen LogP contribution in [0.25, 0.3) is 0 Å². The van der Waals surface area contributed by atoms with E-state index in [1.165, 1.54) is 16.7 Å². The van der Waals surface area contributed by atoms with E-state index in [9.17, 15) is 14.0 Å². The number of carbonyl (C=O) groups is 1. The van der Waals surface area contributed by atoms with Gasteiger partial charge in [0.15, 0.2) is 5.82 Å². The number of aryl methyl sites for hydroxylation is 1. The van der Waals surface area contributed by atoms with Gasteiger partial charge in [-0.1, -0.05) is 12.1 Å². The third-order valence-electron chi connectivity index (χ3n) is 4.15. The summed E-state index contributed by atoms with van der Waals surface area (Å²) in [5.41, 5.74) is 0.640. The van der Waals surface area contributed by atoms with E-state index in [1.807, 2.05) is 6.92 Å². The summed E-state index contributed by atoms with van der Waals surface area (Å²) in [4.78, 5) is 30.4. The molecule has 1 saturated heterocycles. The van der Waals surface area contributed by atoms with Gasteiger partial charge in [-0.05, 0) is 31.0 Å². The smallest absolute Gasteiger partial charge is 0.293 e. The Morgan fingerprint density at radius 2 is 2.04 bits per heavy atom. The van der Waals surface area contributed by atoms with Gasteiger partial charge < -0.3 is 14.8 Å². The van der Waals surface area contributed by atoms with Crippen molar-refractivity contribution in [1.82, 2.24) is 14.5 Å². The Bertz CT molecular complexity index is 788. The summed E-state index contributed by atoms with van der Waals surface area (Å²) < 4.78 is 14.5. The topological polar surface area (TPSA) is 67.2 Å². The van der Waals surface area contributed by atoms with E-state index < -0.39 is 6.04 Å². The van der Waals surface area contributed by atoms with Crippen LogP contribution < -0.4 is 10.9 Å². The SMILES string of the molecule is CCn1ccnc(N[C@H]2CCN(Cc3ccc(F)cc3)C2=O)c1=O. The van der Waals surface area contributed by atoms with Gasteiger partial charge in [0.1, 0.15) is 11.9 Å². The molecule has 0 bridgehead atoms. The van der Waals surface area contributed by atoms with Gasteiger partial charge in [-0.2, -0.15) is 0 Å². The van der Waals surface area contributed by atoms with Crippen LogP contribution in [-0.4, -0.2) is 32.9 Å². The van der Waals surface area contributed by atoms with Crippen molar-refractivity contribution < 1.29 is 9.18 Å². The zero-order valence-corrected chi connectivity index (χ0v) is 13.4. The number of anilines is 1. The van der Waals surface area contributed by atoms with Gasteiger partial charge in [0.25, 0.3) is 5.56 Å². The number of hydrogen-bond acceptors (Lipinski definition) is 4. The summed E-state index contributed by atoms with van der Waals surface area (Å²) in [5, 5.41) is 2.96. The number of likely N-dealkylation sites (tertiary alicyclic amines) is 1. The van der Waals surface area contributed by atoms with Crippen LogP contribution in [-0.2, 0) is 17.9 Å². The highest BCUT2D eigenvalue weighted by Gasteiger charge is 2.32. The van der Waals surface area contributed by atoms with E-state index in [4.69, 9.17) is 0 Å². The average Bonchev–Trinajstić information content (AvgIpc) is 2.92. The first kappa shape index (κ1) is 16.2. The van der Waals surface area contributed by atoms with Crippen molar-refractivity contribution in [3.63, 3.8) is 0 Å².